The van der Waals surface area contributed by atoms with Crippen LogP contribution in [0.15, 0.2) is 0 Å². The number of ether oxygens (including phenoxy) is 1. The smallest absolute Gasteiger partial charge is 0.265 e. The molecule has 0 saturated heterocycles. The van der Waals surface area contributed by atoms with Crippen LogP contribution in [0.1, 0.15) is 9.67 Å². The fourth-order valence-corrected chi connectivity index (χ4v) is 2.71. The number of carbonyl (C=O) groups excluding carboxylic acids is 1. The Morgan fingerprint density at radius 2 is 2.14 bits per heavy atom. The van der Waals surface area contributed by atoms with Crippen LogP contribution in [-0.2, 0) is 14.8 Å². The number of anilines is 2. The first kappa shape index (κ1) is 17.6. The Morgan fingerprint density at radius 1 is 1.43 bits per heavy atom. The molecule has 5 N–H and O–H groups in total. The number of carbonyl (C=O) groups is 1. The van der Waals surface area contributed by atoms with Crippen LogP contribution in [0.4, 0.5) is 10.9 Å². The second-order valence-electron chi connectivity index (χ2n) is 3.93. The summed E-state index contributed by atoms with van der Waals surface area (Å²) in [5.41, 5.74) is 5.67. The van der Waals surface area contributed by atoms with E-state index in [4.69, 9.17) is 10.5 Å². The average molecular weight is 337 g/mol. The third-order valence-electron chi connectivity index (χ3n) is 2.41. The summed E-state index contributed by atoms with van der Waals surface area (Å²) in [4.78, 5) is 16.2. The van der Waals surface area contributed by atoms with Gasteiger partial charge in [-0.2, -0.15) is 0 Å². The number of methoxy groups -OCH3 is 1. The zero-order valence-electron chi connectivity index (χ0n) is 11.8. The minimum absolute atomic E-state index is 0.00815. The largest absolute Gasteiger partial charge is 0.383 e. The molecule has 11 heteroatoms. The van der Waals surface area contributed by atoms with Crippen molar-refractivity contribution in [3.05, 3.63) is 4.88 Å². The van der Waals surface area contributed by atoms with Crippen molar-refractivity contribution >= 4 is 38.2 Å². The van der Waals surface area contributed by atoms with Gasteiger partial charge in [-0.15, -0.1) is 0 Å². The number of aromatic nitrogens is 1. The van der Waals surface area contributed by atoms with Gasteiger partial charge >= 0.3 is 0 Å². The Balaban J connectivity index is 2.54. The van der Waals surface area contributed by atoms with Crippen LogP contribution in [-0.4, -0.2) is 58.9 Å². The van der Waals surface area contributed by atoms with Crippen molar-refractivity contribution in [2.24, 2.45) is 0 Å². The van der Waals surface area contributed by atoms with E-state index in [1.165, 1.54) is 7.05 Å². The molecule has 9 nitrogen and oxygen atoms in total. The van der Waals surface area contributed by atoms with Crippen LogP contribution in [0.3, 0.4) is 0 Å². The second-order valence-corrected chi connectivity index (χ2v) is 6.98. The molecule has 0 saturated carbocycles. The van der Waals surface area contributed by atoms with E-state index in [1.54, 1.807) is 7.11 Å². The Morgan fingerprint density at radius 3 is 2.76 bits per heavy atom. The monoisotopic (exact) mass is 337 g/mol. The second kappa shape index (κ2) is 8.12. The third-order valence-corrected chi connectivity index (χ3v) is 4.80. The summed E-state index contributed by atoms with van der Waals surface area (Å²) >= 11 is 1.10. The molecule has 21 heavy (non-hydrogen) atoms. The van der Waals surface area contributed by atoms with Crippen LogP contribution < -0.4 is 21.1 Å². The summed E-state index contributed by atoms with van der Waals surface area (Å²) in [5.74, 6) is -0.544. The Kier molecular flexibility index (Phi) is 6.81. The van der Waals surface area contributed by atoms with Crippen molar-refractivity contribution in [1.82, 2.24) is 15.0 Å². The molecule has 0 bridgehead atoms. The molecule has 0 aliphatic heterocycles. The maximum Gasteiger partial charge on any atom is 0.265 e. The molecular formula is C10H19N5O4S2. The number of hydrogen-bond donors (Lipinski definition) is 4. The molecule has 0 aliphatic carbocycles. The third kappa shape index (κ3) is 5.83. The SMILES string of the molecule is CNS(=O)(=O)CCNC(=O)c1sc(NCCOC)nc1N. The fraction of sp³-hybridized carbons (Fsp3) is 0.600. The quantitative estimate of drug-likeness (QED) is 0.427. The van der Waals surface area contributed by atoms with E-state index in [9.17, 15) is 13.2 Å². The molecule has 0 aliphatic rings. The van der Waals surface area contributed by atoms with Crippen LogP contribution in [0.5, 0.6) is 0 Å². The highest BCUT2D eigenvalue weighted by Gasteiger charge is 2.16. The maximum atomic E-state index is 11.9. The van der Waals surface area contributed by atoms with E-state index >= 15 is 0 Å². The number of nitrogens with one attached hydrogen (secondary N) is 3. The predicted molar refractivity (Wildman–Crippen MR) is 82.1 cm³/mol. The van der Waals surface area contributed by atoms with Gasteiger partial charge in [0, 0.05) is 20.2 Å². The zero-order chi connectivity index (χ0) is 15.9. The Hall–Kier alpha value is -1.43. The number of thiazole rings is 1. The van der Waals surface area contributed by atoms with Gasteiger partial charge in [-0.1, -0.05) is 11.3 Å². The van der Waals surface area contributed by atoms with Crippen LogP contribution in [0.25, 0.3) is 0 Å². The molecule has 1 aromatic rings. The lowest BCUT2D eigenvalue weighted by atomic mass is 10.4. The standard InChI is InChI=1S/C10H19N5O4S2/c1-12-21(17,18)6-4-13-9(16)7-8(11)15-10(20-7)14-3-5-19-2/h12H,3-6,11H2,1-2H3,(H,13,16)(H,14,15). The molecule has 1 amide bonds. The highest BCUT2D eigenvalue weighted by Crippen LogP contribution is 2.24. The first-order valence-corrected chi connectivity index (χ1v) is 8.55. The topological polar surface area (TPSA) is 135 Å². The summed E-state index contributed by atoms with van der Waals surface area (Å²) in [5, 5.41) is 5.97. The van der Waals surface area contributed by atoms with Gasteiger partial charge in [0.25, 0.3) is 5.91 Å². The fourth-order valence-electron chi connectivity index (χ4n) is 1.31. The van der Waals surface area contributed by atoms with Crippen molar-refractivity contribution in [2.45, 2.75) is 0 Å². The van der Waals surface area contributed by atoms with Crippen molar-refractivity contribution in [1.29, 1.82) is 0 Å². The van der Waals surface area contributed by atoms with Crippen molar-refractivity contribution in [3.8, 4) is 0 Å². The van der Waals surface area contributed by atoms with Crippen molar-refractivity contribution < 1.29 is 17.9 Å². The van der Waals surface area contributed by atoms with Gasteiger partial charge in [0.15, 0.2) is 5.13 Å². The summed E-state index contributed by atoms with van der Waals surface area (Å²) in [7, 11) is -0.457. The lowest BCUT2D eigenvalue weighted by molar-refractivity contribution is 0.0961. The van der Waals surface area contributed by atoms with Gasteiger partial charge in [0.2, 0.25) is 10.0 Å². The van der Waals surface area contributed by atoms with Crippen LogP contribution in [0.2, 0.25) is 0 Å². The molecule has 0 unspecified atom stereocenters. The number of amides is 1. The van der Waals surface area contributed by atoms with E-state index in [0.717, 1.165) is 11.3 Å². The average Bonchev–Trinajstić information content (AvgIpc) is 2.80. The van der Waals surface area contributed by atoms with Gasteiger partial charge in [-0.05, 0) is 7.05 Å². The van der Waals surface area contributed by atoms with Gasteiger partial charge in [-0.3, -0.25) is 4.79 Å². The van der Waals surface area contributed by atoms with E-state index in [0.29, 0.717) is 18.3 Å². The molecule has 1 rings (SSSR count). The summed E-state index contributed by atoms with van der Waals surface area (Å²) < 4.78 is 29.5. The number of nitrogen functional groups attached to an aromatic ring is 1. The molecule has 0 atom stereocenters. The molecule has 0 spiro atoms. The number of nitrogens with two attached hydrogens (primary N) is 1. The first-order chi connectivity index (χ1) is 9.89. The molecule has 1 aromatic heterocycles. The van der Waals surface area contributed by atoms with Gasteiger partial charge in [0.05, 0.1) is 12.4 Å². The normalized spacial score (nSPS) is 11.3. The lowest BCUT2D eigenvalue weighted by Gasteiger charge is -2.04. The zero-order valence-corrected chi connectivity index (χ0v) is 13.4. The molecule has 0 radical (unpaired) electrons. The van der Waals surface area contributed by atoms with Crippen LogP contribution in [0, 0.1) is 0 Å². The number of hydrogen-bond acceptors (Lipinski definition) is 8. The molecule has 0 aromatic carbocycles. The number of nitrogens with zero attached hydrogens (tertiary/aromatic N) is 1. The summed E-state index contributed by atoms with van der Waals surface area (Å²) in [6.07, 6.45) is 0. The molecule has 0 fully saturated rings. The van der Waals surface area contributed by atoms with Crippen molar-refractivity contribution in [2.75, 3.05) is 50.7 Å². The number of rotatable bonds is 9. The lowest BCUT2D eigenvalue weighted by Crippen LogP contribution is -2.32. The summed E-state index contributed by atoms with van der Waals surface area (Å²) in [6, 6.07) is 0. The van der Waals surface area contributed by atoms with E-state index in [1.807, 2.05) is 0 Å². The van der Waals surface area contributed by atoms with E-state index in [-0.39, 0.29) is 23.0 Å². The molecule has 1 heterocycles. The van der Waals surface area contributed by atoms with Gasteiger partial charge in [-0.25, -0.2) is 18.1 Å². The predicted octanol–water partition coefficient (Wildman–Crippen LogP) is -0.937. The molecular weight excluding hydrogens is 318 g/mol. The minimum Gasteiger partial charge on any atom is -0.383 e. The summed E-state index contributed by atoms with van der Waals surface area (Å²) in [6.45, 7) is 1.04. The Bertz CT molecular complexity index is 572. The van der Waals surface area contributed by atoms with Gasteiger partial charge in [0.1, 0.15) is 10.7 Å². The maximum absolute atomic E-state index is 11.9. The van der Waals surface area contributed by atoms with Crippen molar-refractivity contribution in [3.63, 3.8) is 0 Å². The highest BCUT2D eigenvalue weighted by atomic mass is 32.2. The highest BCUT2D eigenvalue weighted by molar-refractivity contribution is 7.89. The van der Waals surface area contributed by atoms with Gasteiger partial charge < -0.3 is 21.1 Å². The molecule has 120 valence electrons. The van der Waals surface area contributed by atoms with E-state index in [2.05, 4.69) is 20.3 Å². The first-order valence-electron chi connectivity index (χ1n) is 6.08. The van der Waals surface area contributed by atoms with E-state index < -0.39 is 15.9 Å². The van der Waals surface area contributed by atoms with Crippen LogP contribution >= 0.6 is 11.3 Å². The minimum atomic E-state index is -3.35. The Labute approximate surface area is 127 Å². The number of sulfonamides is 1.